The summed E-state index contributed by atoms with van der Waals surface area (Å²) in [4.78, 5) is 0. The molecule has 0 saturated carbocycles. The Balaban J connectivity index is 1.61. The van der Waals surface area contributed by atoms with Gasteiger partial charge in [-0.3, -0.25) is 0 Å². The quantitative estimate of drug-likeness (QED) is 0.876. The molecule has 6 heteroatoms. The van der Waals surface area contributed by atoms with Gasteiger partial charge in [0.05, 0.1) is 6.04 Å². The molecule has 3 rings (SSSR count). The van der Waals surface area contributed by atoms with E-state index in [9.17, 15) is 0 Å². The number of rotatable bonds is 4. The second kappa shape index (κ2) is 5.94. The molecule has 0 radical (unpaired) electrons. The van der Waals surface area contributed by atoms with Crippen molar-refractivity contribution in [2.45, 2.75) is 29.9 Å². The monoisotopic (exact) mass is 295 g/mol. The van der Waals surface area contributed by atoms with Crippen molar-refractivity contribution in [2.75, 3.05) is 6.54 Å². The lowest BCUT2D eigenvalue weighted by Crippen LogP contribution is -2.12. The van der Waals surface area contributed by atoms with Gasteiger partial charge >= 0.3 is 0 Å². The summed E-state index contributed by atoms with van der Waals surface area (Å²) in [7, 11) is 0. The molecule has 0 spiro atoms. The maximum Gasteiger partial charge on any atom is 0.276 e. The van der Waals surface area contributed by atoms with Gasteiger partial charge in [0.25, 0.3) is 5.22 Å². The maximum absolute atomic E-state index is 5.95. The lowest BCUT2D eigenvalue weighted by atomic mass is 10.2. The topological polar surface area (TPSA) is 51.0 Å². The summed E-state index contributed by atoms with van der Waals surface area (Å²) in [5.41, 5.74) is 1.15. The van der Waals surface area contributed by atoms with Crippen LogP contribution in [0.1, 0.15) is 30.3 Å². The molecular formula is C13H14ClN3OS. The van der Waals surface area contributed by atoms with Gasteiger partial charge in [0, 0.05) is 10.8 Å². The average Bonchev–Trinajstić information content (AvgIpc) is 3.07. The second-order valence-electron chi connectivity index (χ2n) is 4.47. The summed E-state index contributed by atoms with van der Waals surface area (Å²) in [6.07, 6.45) is 2.23. The van der Waals surface area contributed by atoms with E-state index >= 15 is 0 Å². The summed E-state index contributed by atoms with van der Waals surface area (Å²) in [5.74, 6) is 1.48. The van der Waals surface area contributed by atoms with Gasteiger partial charge in [-0.2, -0.15) is 0 Å². The fourth-order valence-electron chi connectivity index (χ4n) is 2.09. The molecule has 0 amide bonds. The predicted octanol–water partition coefficient (Wildman–Crippen LogP) is 3.44. The van der Waals surface area contributed by atoms with Crippen LogP contribution in [0.15, 0.2) is 33.9 Å². The van der Waals surface area contributed by atoms with Crippen LogP contribution in [0.25, 0.3) is 0 Å². The SMILES string of the molecule is Clc1cccc(CSc2nnc([C@H]3CCCN3)o2)c1. The largest absolute Gasteiger partial charge is 0.414 e. The fraction of sp³-hybridized carbons (Fsp3) is 0.385. The van der Waals surface area contributed by atoms with E-state index in [2.05, 4.69) is 15.5 Å². The molecule has 1 N–H and O–H groups in total. The van der Waals surface area contributed by atoms with Crippen molar-refractivity contribution < 1.29 is 4.42 Å². The first kappa shape index (κ1) is 13.0. The minimum absolute atomic E-state index is 0.230. The summed E-state index contributed by atoms with van der Waals surface area (Å²) in [6.45, 7) is 1.03. The van der Waals surface area contributed by atoms with Crippen molar-refractivity contribution in [1.82, 2.24) is 15.5 Å². The third-order valence-electron chi connectivity index (χ3n) is 3.03. The molecule has 0 aliphatic carbocycles. The molecule has 1 aromatic heterocycles. The molecule has 100 valence electrons. The van der Waals surface area contributed by atoms with Gasteiger partial charge in [0.2, 0.25) is 5.89 Å². The standard InChI is InChI=1S/C13H14ClN3OS/c14-10-4-1-3-9(7-10)8-19-13-17-16-12(18-13)11-5-2-6-15-11/h1,3-4,7,11,15H,2,5-6,8H2/t11-/m1/s1. The van der Waals surface area contributed by atoms with Crippen LogP contribution in [0.2, 0.25) is 5.02 Å². The van der Waals surface area contributed by atoms with Crippen molar-refractivity contribution in [3.05, 3.63) is 40.7 Å². The lowest BCUT2D eigenvalue weighted by Gasteiger charge is -2.02. The van der Waals surface area contributed by atoms with Crippen molar-refractivity contribution in [3.8, 4) is 0 Å². The molecule has 2 aromatic rings. The molecule has 1 aliphatic rings. The van der Waals surface area contributed by atoms with Gasteiger partial charge in [-0.15, -0.1) is 10.2 Å². The third-order valence-corrected chi connectivity index (χ3v) is 4.16. The predicted molar refractivity (Wildman–Crippen MR) is 75.3 cm³/mol. The molecule has 1 atom stereocenters. The number of aromatic nitrogens is 2. The van der Waals surface area contributed by atoms with Crippen LogP contribution in [0.4, 0.5) is 0 Å². The van der Waals surface area contributed by atoms with Crippen molar-refractivity contribution in [2.24, 2.45) is 0 Å². The third kappa shape index (κ3) is 3.29. The van der Waals surface area contributed by atoms with E-state index in [0.717, 1.165) is 35.7 Å². The summed E-state index contributed by atoms with van der Waals surface area (Å²) in [6, 6.07) is 8.03. The van der Waals surface area contributed by atoms with Gasteiger partial charge in [0.1, 0.15) is 0 Å². The Labute approximate surface area is 120 Å². The zero-order valence-electron chi connectivity index (χ0n) is 10.3. The number of halogens is 1. The van der Waals surface area contributed by atoms with Crippen molar-refractivity contribution in [3.63, 3.8) is 0 Å². The van der Waals surface area contributed by atoms with Crippen LogP contribution in [0.5, 0.6) is 0 Å². The summed E-state index contributed by atoms with van der Waals surface area (Å²) >= 11 is 7.48. The summed E-state index contributed by atoms with van der Waals surface area (Å²) < 4.78 is 5.66. The van der Waals surface area contributed by atoms with E-state index < -0.39 is 0 Å². The molecular weight excluding hydrogens is 282 g/mol. The van der Waals surface area contributed by atoms with Gasteiger partial charge in [-0.1, -0.05) is 35.5 Å². The lowest BCUT2D eigenvalue weighted by molar-refractivity contribution is 0.374. The smallest absolute Gasteiger partial charge is 0.276 e. The first-order valence-corrected chi connectivity index (χ1v) is 7.61. The molecule has 0 bridgehead atoms. The van der Waals surface area contributed by atoms with Crippen molar-refractivity contribution >= 4 is 23.4 Å². The highest BCUT2D eigenvalue weighted by molar-refractivity contribution is 7.98. The van der Waals surface area contributed by atoms with E-state index in [1.165, 1.54) is 11.8 Å². The van der Waals surface area contributed by atoms with Crippen LogP contribution >= 0.6 is 23.4 Å². The Bertz CT molecular complexity index is 554. The molecule has 1 aromatic carbocycles. The van der Waals surface area contributed by atoms with Gasteiger partial charge in [-0.05, 0) is 37.1 Å². The first-order chi connectivity index (χ1) is 9.31. The Morgan fingerprint density at radius 1 is 1.42 bits per heavy atom. The van der Waals surface area contributed by atoms with Gasteiger partial charge in [-0.25, -0.2) is 0 Å². The number of nitrogens with zero attached hydrogens (tertiary/aromatic N) is 2. The van der Waals surface area contributed by atoms with E-state index in [4.69, 9.17) is 16.0 Å². The van der Waals surface area contributed by atoms with Crippen LogP contribution in [0, 0.1) is 0 Å². The molecule has 19 heavy (non-hydrogen) atoms. The minimum Gasteiger partial charge on any atom is -0.414 e. The highest BCUT2D eigenvalue weighted by atomic mass is 35.5. The molecule has 2 heterocycles. The fourth-order valence-corrected chi connectivity index (χ4v) is 3.01. The van der Waals surface area contributed by atoms with E-state index in [0.29, 0.717) is 11.1 Å². The van der Waals surface area contributed by atoms with Crippen LogP contribution in [0.3, 0.4) is 0 Å². The van der Waals surface area contributed by atoms with Gasteiger partial charge in [0.15, 0.2) is 0 Å². The van der Waals surface area contributed by atoms with Crippen molar-refractivity contribution in [1.29, 1.82) is 0 Å². The second-order valence-corrected chi connectivity index (χ2v) is 5.84. The number of hydrogen-bond acceptors (Lipinski definition) is 5. The maximum atomic E-state index is 5.95. The molecule has 1 saturated heterocycles. The van der Waals surface area contributed by atoms with Crippen LogP contribution < -0.4 is 5.32 Å². The molecule has 1 aliphatic heterocycles. The first-order valence-electron chi connectivity index (χ1n) is 6.25. The number of benzene rings is 1. The molecule has 0 unspecified atom stereocenters. The summed E-state index contributed by atoms with van der Waals surface area (Å²) in [5, 5.41) is 12.9. The Kier molecular flexibility index (Phi) is 4.06. The normalized spacial score (nSPS) is 18.9. The van der Waals surface area contributed by atoms with Crippen LogP contribution in [-0.4, -0.2) is 16.7 Å². The highest BCUT2D eigenvalue weighted by Crippen LogP contribution is 2.27. The minimum atomic E-state index is 0.230. The van der Waals surface area contributed by atoms with Gasteiger partial charge < -0.3 is 9.73 Å². The zero-order valence-corrected chi connectivity index (χ0v) is 11.9. The molecule has 1 fully saturated rings. The highest BCUT2D eigenvalue weighted by Gasteiger charge is 2.22. The number of hydrogen-bond donors (Lipinski definition) is 1. The van der Waals surface area contributed by atoms with E-state index in [-0.39, 0.29) is 6.04 Å². The Morgan fingerprint density at radius 3 is 3.16 bits per heavy atom. The Hall–Kier alpha value is -1.04. The zero-order chi connectivity index (χ0) is 13.1. The van der Waals surface area contributed by atoms with Crippen LogP contribution in [-0.2, 0) is 5.75 Å². The Morgan fingerprint density at radius 2 is 2.37 bits per heavy atom. The molecule has 4 nitrogen and oxygen atoms in total. The number of thioether (sulfide) groups is 1. The number of nitrogens with one attached hydrogen (secondary N) is 1. The van der Waals surface area contributed by atoms with E-state index in [1.54, 1.807) is 0 Å². The van der Waals surface area contributed by atoms with E-state index in [1.807, 2.05) is 24.3 Å². The average molecular weight is 296 g/mol.